The van der Waals surface area contributed by atoms with E-state index in [-0.39, 0.29) is 5.41 Å². The molecule has 0 spiro atoms. The molecule has 106 valence electrons. The summed E-state index contributed by atoms with van der Waals surface area (Å²) in [6.45, 7) is 5.25. The average molecular weight is 271 g/mol. The van der Waals surface area contributed by atoms with E-state index >= 15 is 0 Å². The van der Waals surface area contributed by atoms with Gasteiger partial charge in [0.25, 0.3) is 12.3 Å². The first-order valence-corrected chi connectivity index (χ1v) is 6.00. The summed E-state index contributed by atoms with van der Waals surface area (Å²) >= 11 is 0. The highest BCUT2D eigenvalue weighted by Gasteiger charge is 2.19. The molecule has 0 unspecified atom stereocenters. The molecule has 19 heavy (non-hydrogen) atoms. The molecular weight excluding hydrogens is 252 g/mol. The first kappa shape index (κ1) is 15.3. The average Bonchev–Trinajstić information content (AvgIpc) is 2.34. The van der Waals surface area contributed by atoms with Crippen LogP contribution in [0.3, 0.4) is 0 Å². The van der Waals surface area contributed by atoms with Crippen LogP contribution in [0.25, 0.3) is 0 Å². The van der Waals surface area contributed by atoms with E-state index in [1.807, 2.05) is 20.8 Å². The summed E-state index contributed by atoms with van der Waals surface area (Å²) in [7, 11) is 1.69. The van der Waals surface area contributed by atoms with Crippen LogP contribution in [0.1, 0.15) is 36.8 Å². The van der Waals surface area contributed by atoms with E-state index in [9.17, 15) is 13.6 Å². The molecule has 0 aliphatic rings. The van der Waals surface area contributed by atoms with E-state index in [1.165, 1.54) is 6.07 Å². The summed E-state index contributed by atoms with van der Waals surface area (Å²) in [5.74, 6) is 0.0133. The minimum atomic E-state index is -2.56. The normalized spacial score (nSPS) is 11.5. The van der Waals surface area contributed by atoms with Crippen LogP contribution in [-0.2, 0) is 5.41 Å². The lowest BCUT2D eigenvalue weighted by Gasteiger charge is -2.19. The second kappa shape index (κ2) is 5.95. The van der Waals surface area contributed by atoms with Crippen molar-refractivity contribution in [1.82, 2.24) is 10.3 Å². The molecule has 1 heterocycles. The molecule has 0 fully saturated rings. The van der Waals surface area contributed by atoms with Gasteiger partial charge in [0.2, 0.25) is 0 Å². The number of carbonyl (C=O) groups excluding carboxylic acids is 1. The number of carbonyl (C=O) groups is 1. The lowest BCUT2D eigenvalue weighted by molar-refractivity contribution is 0.0891. The largest absolute Gasteiger partial charge is 0.373 e. The van der Waals surface area contributed by atoms with Crippen LogP contribution < -0.4 is 10.6 Å². The van der Waals surface area contributed by atoms with Gasteiger partial charge in [0.15, 0.2) is 0 Å². The van der Waals surface area contributed by atoms with E-state index in [4.69, 9.17) is 0 Å². The van der Waals surface area contributed by atoms with Gasteiger partial charge in [0.1, 0.15) is 5.82 Å². The highest BCUT2D eigenvalue weighted by atomic mass is 19.3. The summed E-state index contributed by atoms with van der Waals surface area (Å²) < 4.78 is 24.2. The zero-order valence-electron chi connectivity index (χ0n) is 11.6. The number of hydrogen-bond acceptors (Lipinski definition) is 3. The molecule has 0 radical (unpaired) electrons. The van der Waals surface area contributed by atoms with Crippen molar-refractivity contribution in [3.05, 3.63) is 23.4 Å². The Kier molecular flexibility index (Phi) is 4.80. The smallest absolute Gasteiger partial charge is 0.255 e. The topological polar surface area (TPSA) is 54.0 Å². The van der Waals surface area contributed by atoms with Gasteiger partial charge in [-0.25, -0.2) is 13.8 Å². The molecular formula is C13H19F2N3O. The number of nitrogens with zero attached hydrogens (tertiary/aromatic N) is 1. The Balaban J connectivity index is 3.03. The van der Waals surface area contributed by atoms with Crippen LogP contribution in [0.15, 0.2) is 12.1 Å². The number of alkyl halides is 2. The molecule has 4 nitrogen and oxygen atoms in total. The molecule has 6 heteroatoms. The van der Waals surface area contributed by atoms with Crippen molar-refractivity contribution in [3.63, 3.8) is 0 Å². The zero-order chi connectivity index (χ0) is 14.6. The second-order valence-corrected chi connectivity index (χ2v) is 5.23. The molecule has 1 amide bonds. The number of amides is 1. The third-order valence-electron chi connectivity index (χ3n) is 2.53. The standard InChI is InChI=1S/C13H19F2N3O/c1-13(2,3)9-5-8(6-11(16-4)18-9)12(19)17-7-10(14)15/h5-6,10H,7H2,1-4H3,(H,16,18)(H,17,19). The monoisotopic (exact) mass is 271 g/mol. The molecule has 0 aromatic carbocycles. The lowest BCUT2D eigenvalue weighted by Crippen LogP contribution is -2.29. The van der Waals surface area contributed by atoms with Crippen LogP contribution in [0, 0.1) is 0 Å². The van der Waals surface area contributed by atoms with Crippen molar-refractivity contribution in [2.75, 3.05) is 18.9 Å². The minimum absolute atomic E-state index is 0.232. The number of anilines is 1. The molecule has 0 aliphatic heterocycles. The molecule has 0 aliphatic carbocycles. The highest BCUT2D eigenvalue weighted by Crippen LogP contribution is 2.23. The summed E-state index contributed by atoms with van der Waals surface area (Å²) in [6.07, 6.45) is -2.56. The minimum Gasteiger partial charge on any atom is -0.373 e. The third-order valence-corrected chi connectivity index (χ3v) is 2.53. The summed E-state index contributed by atoms with van der Waals surface area (Å²) in [6, 6.07) is 3.16. The Morgan fingerprint density at radius 2 is 2.00 bits per heavy atom. The van der Waals surface area contributed by atoms with Crippen LogP contribution >= 0.6 is 0 Å². The molecule has 0 atom stereocenters. The fourth-order valence-electron chi connectivity index (χ4n) is 1.45. The SMILES string of the molecule is CNc1cc(C(=O)NCC(F)F)cc(C(C)(C)C)n1. The van der Waals surface area contributed by atoms with E-state index < -0.39 is 18.9 Å². The Bertz CT molecular complexity index is 456. The van der Waals surface area contributed by atoms with Gasteiger partial charge < -0.3 is 10.6 Å². The van der Waals surface area contributed by atoms with Crippen molar-refractivity contribution >= 4 is 11.7 Å². The number of nitrogens with one attached hydrogen (secondary N) is 2. The van der Waals surface area contributed by atoms with Gasteiger partial charge in [-0.3, -0.25) is 4.79 Å². The molecule has 2 N–H and O–H groups in total. The van der Waals surface area contributed by atoms with Crippen LogP contribution in [0.5, 0.6) is 0 Å². The number of rotatable bonds is 4. The molecule has 1 aromatic heterocycles. The van der Waals surface area contributed by atoms with Gasteiger partial charge in [-0.1, -0.05) is 20.8 Å². The fourth-order valence-corrected chi connectivity index (χ4v) is 1.45. The van der Waals surface area contributed by atoms with Gasteiger partial charge in [-0.05, 0) is 12.1 Å². The number of pyridine rings is 1. The lowest BCUT2D eigenvalue weighted by atomic mass is 9.90. The van der Waals surface area contributed by atoms with Crippen molar-refractivity contribution in [2.45, 2.75) is 32.6 Å². The van der Waals surface area contributed by atoms with E-state index in [0.29, 0.717) is 11.4 Å². The summed E-state index contributed by atoms with van der Waals surface area (Å²) in [5, 5.41) is 5.04. The maximum absolute atomic E-state index is 12.1. The van der Waals surface area contributed by atoms with Gasteiger partial charge >= 0.3 is 0 Å². The number of halogens is 2. The third kappa shape index (κ3) is 4.46. The maximum atomic E-state index is 12.1. The van der Waals surface area contributed by atoms with Crippen LogP contribution in [-0.4, -0.2) is 30.9 Å². The fraction of sp³-hybridized carbons (Fsp3) is 0.538. The quantitative estimate of drug-likeness (QED) is 0.884. The van der Waals surface area contributed by atoms with Crippen molar-refractivity contribution in [1.29, 1.82) is 0 Å². The Labute approximate surface area is 111 Å². The molecule has 0 bridgehead atoms. The van der Waals surface area contributed by atoms with Crippen molar-refractivity contribution in [3.8, 4) is 0 Å². The predicted octanol–water partition coefficient (Wildman–Crippen LogP) is 2.42. The Hall–Kier alpha value is -1.72. The van der Waals surface area contributed by atoms with E-state index in [0.717, 1.165) is 5.69 Å². The predicted molar refractivity (Wildman–Crippen MR) is 70.8 cm³/mol. The summed E-state index contributed by atoms with van der Waals surface area (Å²) in [4.78, 5) is 16.2. The number of aromatic nitrogens is 1. The molecule has 1 aromatic rings. The van der Waals surface area contributed by atoms with E-state index in [2.05, 4.69) is 15.6 Å². The first-order valence-electron chi connectivity index (χ1n) is 6.00. The van der Waals surface area contributed by atoms with Crippen molar-refractivity contribution < 1.29 is 13.6 Å². The Morgan fingerprint density at radius 1 is 1.37 bits per heavy atom. The van der Waals surface area contributed by atoms with Crippen LogP contribution in [0.4, 0.5) is 14.6 Å². The zero-order valence-corrected chi connectivity index (χ0v) is 11.6. The molecule has 1 rings (SSSR count). The highest BCUT2D eigenvalue weighted by molar-refractivity contribution is 5.95. The van der Waals surface area contributed by atoms with Crippen molar-refractivity contribution in [2.24, 2.45) is 0 Å². The summed E-state index contributed by atoms with van der Waals surface area (Å²) in [5.41, 5.74) is 0.816. The molecule has 0 saturated heterocycles. The van der Waals surface area contributed by atoms with Gasteiger partial charge in [0, 0.05) is 23.7 Å². The number of hydrogen-bond donors (Lipinski definition) is 2. The first-order chi connectivity index (χ1) is 8.74. The maximum Gasteiger partial charge on any atom is 0.255 e. The van der Waals surface area contributed by atoms with Gasteiger partial charge in [-0.2, -0.15) is 0 Å². The van der Waals surface area contributed by atoms with Gasteiger partial charge in [0.05, 0.1) is 6.54 Å². The Morgan fingerprint density at radius 3 is 2.47 bits per heavy atom. The van der Waals surface area contributed by atoms with E-state index in [1.54, 1.807) is 13.1 Å². The second-order valence-electron chi connectivity index (χ2n) is 5.23. The van der Waals surface area contributed by atoms with Crippen LogP contribution in [0.2, 0.25) is 0 Å². The molecule has 0 saturated carbocycles. The van der Waals surface area contributed by atoms with Gasteiger partial charge in [-0.15, -0.1) is 0 Å².